The van der Waals surface area contributed by atoms with Crippen molar-refractivity contribution in [3.8, 4) is 0 Å². The van der Waals surface area contributed by atoms with E-state index in [0.29, 0.717) is 5.11 Å². The van der Waals surface area contributed by atoms with Gasteiger partial charge in [0.2, 0.25) is 0 Å². The molecule has 0 aliphatic carbocycles. The van der Waals surface area contributed by atoms with Gasteiger partial charge in [0.15, 0.2) is 5.11 Å². The molecular weight excluding hydrogens is 352 g/mol. The van der Waals surface area contributed by atoms with Gasteiger partial charge in [0, 0.05) is 18.4 Å². The standard InChI is InChI=1S/C22H24N4S/c1-16-7-4-9-19(13-16)15-26-12-6-10-20(26)14-23-25-22(27)24-21-11-5-8-17(2)18(21)3/h4-14H,15H2,1-3H3,(H2,24,25,27)/b23-14-. The van der Waals surface area contributed by atoms with Gasteiger partial charge in [-0.2, -0.15) is 5.10 Å². The van der Waals surface area contributed by atoms with E-state index in [0.717, 1.165) is 17.9 Å². The average molecular weight is 377 g/mol. The molecule has 0 saturated heterocycles. The molecule has 138 valence electrons. The summed E-state index contributed by atoms with van der Waals surface area (Å²) in [5.41, 5.74) is 9.83. The first kappa shape index (κ1) is 18.9. The SMILES string of the molecule is Cc1cccc(Cn2cccc2/C=N\NC(=S)Nc2cccc(C)c2C)c1. The molecule has 2 N–H and O–H groups in total. The van der Waals surface area contributed by atoms with Crippen LogP contribution < -0.4 is 10.7 Å². The van der Waals surface area contributed by atoms with Gasteiger partial charge in [0.1, 0.15) is 0 Å². The van der Waals surface area contributed by atoms with Crippen LogP contribution in [0.25, 0.3) is 0 Å². The Balaban J connectivity index is 1.61. The van der Waals surface area contributed by atoms with Crippen molar-refractivity contribution in [3.05, 3.63) is 88.7 Å². The van der Waals surface area contributed by atoms with Crippen LogP contribution in [-0.4, -0.2) is 15.9 Å². The normalized spacial score (nSPS) is 10.9. The van der Waals surface area contributed by atoms with Crippen molar-refractivity contribution in [2.75, 3.05) is 5.32 Å². The number of hydrogen-bond donors (Lipinski definition) is 2. The van der Waals surface area contributed by atoms with Gasteiger partial charge < -0.3 is 9.88 Å². The monoisotopic (exact) mass is 376 g/mol. The van der Waals surface area contributed by atoms with Crippen molar-refractivity contribution < 1.29 is 0 Å². The number of nitrogens with one attached hydrogen (secondary N) is 2. The van der Waals surface area contributed by atoms with Gasteiger partial charge in [-0.05, 0) is 67.9 Å². The Morgan fingerprint density at radius 1 is 1.07 bits per heavy atom. The molecule has 0 aliphatic heterocycles. The molecule has 0 amide bonds. The number of hydrazone groups is 1. The fourth-order valence-corrected chi connectivity index (χ4v) is 3.05. The van der Waals surface area contributed by atoms with Gasteiger partial charge in [-0.1, -0.05) is 42.0 Å². The van der Waals surface area contributed by atoms with Crippen molar-refractivity contribution in [2.45, 2.75) is 27.3 Å². The molecule has 27 heavy (non-hydrogen) atoms. The zero-order chi connectivity index (χ0) is 19.2. The predicted molar refractivity (Wildman–Crippen MR) is 118 cm³/mol. The third-order valence-corrected chi connectivity index (χ3v) is 4.71. The largest absolute Gasteiger partial charge is 0.342 e. The van der Waals surface area contributed by atoms with E-state index in [1.165, 1.54) is 22.3 Å². The Bertz CT molecular complexity index is 972. The first-order valence-corrected chi connectivity index (χ1v) is 9.31. The van der Waals surface area contributed by atoms with Crippen LogP contribution in [0.1, 0.15) is 27.9 Å². The second-order valence-corrected chi connectivity index (χ2v) is 7.03. The van der Waals surface area contributed by atoms with Gasteiger partial charge >= 0.3 is 0 Å². The fourth-order valence-electron chi connectivity index (χ4n) is 2.89. The molecule has 0 spiro atoms. The number of hydrogen-bond acceptors (Lipinski definition) is 2. The van der Waals surface area contributed by atoms with Crippen LogP contribution in [0.3, 0.4) is 0 Å². The van der Waals surface area contributed by atoms with Gasteiger partial charge in [-0.15, -0.1) is 0 Å². The average Bonchev–Trinajstić information content (AvgIpc) is 3.06. The summed E-state index contributed by atoms with van der Waals surface area (Å²) in [4.78, 5) is 0. The highest BCUT2D eigenvalue weighted by molar-refractivity contribution is 7.80. The molecule has 0 saturated carbocycles. The Morgan fingerprint density at radius 3 is 2.70 bits per heavy atom. The van der Waals surface area contributed by atoms with E-state index < -0.39 is 0 Å². The number of anilines is 1. The van der Waals surface area contributed by atoms with Gasteiger partial charge in [0.25, 0.3) is 0 Å². The van der Waals surface area contributed by atoms with Crippen LogP contribution in [-0.2, 0) is 6.54 Å². The van der Waals surface area contributed by atoms with Gasteiger partial charge in [-0.25, -0.2) is 0 Å². The summed E-state index contributed by atoms with van der Waals surface area (Å²) in [6, 6.07) is 18.7. The summed E-state index contributed by atoms with van der Waals surface area (Å²) in [5, 5.41) is 7.94. The number of rotatable bonds is 5. The van der Waals surface area contributed by atoms with Gasteiger partial charge in [-0.3, -0.25) is 5.43 Å². The topological polar surface area (TPSA) is 41.4 Å². The lowest BCUT2D eigenvalue weighted by Gasteiger charge is -2.11. The van der Waals surface area contributed by atoms with E-state index >= 15 is 0 Å². The van der Waals surface area contributed by atoms with Crippen molar-refractivity contribution in [2.24, 2.45) is 5.10 Å². The van der Waals surface area contributed by atoms with E-state index in [2.05, 4.69) is 77.7 Å². The Labute approximate surface area is 165 Å². The minimum Gasteiger partial charge on any atom is -0.342 e. The number of nitrogens with zero attached hydrogens (tertiary/aromatic N) is 2. The van der Waals surface area contributed by atoms with Crippen LogP contribution in [0.4, 0.5) is 5.69 Å². The molecule has 0 atom stereocenters. The Morgan fingerprint density at radius 2 is 1.89 bits per heavy atom. The van der Waals surface area contributed by atoms with E-state index in [9.17, 15) is 0 Å². The molecule has 0 radical (unpaired) electrons. The van der Waals surface area contributed by atoms with Crippen molar-refractivity contribution >= 4 is 29.2 Å². The minimum atomic E-state index is 0.469. The summed E-state index contributed by atoms with van der Waals surface area (Å²) in [6.45, 7) is 7.07. The highest BCUT2D eigenvalue weighted by Gasteiger charge is 2.03. The molecule has 2 aromatic carbocycles. The van der Waals surface area contributed by atoms with Crippen molar-refractivity contribution in [1.82, 2.24) is 9.99 Å². The summed E-state index contributed by atoms with van der Waals surface area (Å²) >= 11 is 5.34. The minimum absolute atomic E-state index is 0.469. The summed E-state index contributed by atoms with van der Waals surface area (Å²) in [7, 11) is 0. The second kappa shape index (κ2) is 8.64. The maximum atomic E-state index is 5.34. The zero-order valence-corrected chi connectivity index (χ0v) is 16.7. The van der Waals surface area contributed by atoms with E-state index in [1.807, 2.05) is 24.3 Å². The first-order chi connectivity index (χ1) is 13.0. The lowest BCUT2D eigenvalue weighted by molar-refractivity contribution is 0.798. The lowest BCUT2D eigenvalue weighted by atomic mass is 10.1. The fraction of sp³-hybridized carbons (Fsp3) is 0.182. The smallest absolute Gasteiger partial charge is 0.191 e. The Hall–Kier alpha value is -2.92. The van der Waals surface area contributed by atoms with Gasteiger partial charge in [0.05, 0.1) is 11.9 Å². The zero-order valence-electron chi connectivity index (χ0n) is 15.9. The number of aromatic nitrogens is 1. The lowest BCUT2D eigenvalue weighted by Crippen LogP contribution is -2.24. The molecular formula is C22H24N4S. The summed E-state index contributed by atoms with van der Waals surface area (Å²) in [6.07, 6.45) is 3.84. The van der Waals surface area contributed by atoms with Crippen LogP contribution in [0.2, 0.25) is 0 Å². The third kappa shape index (κ3) is 5.05. The van der Waals surface area contributed by atoms with Crippen LogP contribution in [0.15, 0.2) is 65.9 Å². The summed E-state index contributed by atoms with van der Waals surface area (Å²) in [5.74, 6) is 0. The molecule has 0 fully saturated rings. The molecule has 0 bridgehead atoms. The maximum absolute atomic E-state index is 5.34. The third-order valence-electron chi connectivity index (χ3n) is 4.52. The number of benzene rings is 2. The van der Waals surface area contributed by atoms with E-state index in [4.69, 9.17) is 12.2 Å². The quantitative estimate of drug-likeness (QED) is 0.382. The summed E-state index contributed by atoms with van der Waals surface area (Å²) < 4.78 is 2.15. The Kier molecular flexibility index (Phi) is 6.04. The first-order valence-electron chi connectivity index (χ1n) is 8.90. The van der Waals surface area contributed by atoms with E-state index in [-0.39, 0.29) is 0 Å². The van der Waals surface area contributed by atoms with Crippen LogP contribution in [0.5, 0.6) is 0 Å². The number of aryl methyl sites for hydroxylation is 2. The van der Waals surface area contributed by atoms with Crippen molar-refractivity contribution in [1.29, 1.82) is 0 Å². The molecule has 1 aromatic heterocycles. The molecule has 1 heterocycles. The predicted octanol–water partition coefficient (Wildman–Crippen LogP) is 4.78. The molecule has 3 aromatic rings. The highest BCUT2D eigenvalue weighted by atomic mass is 32.1. The highest BCUT2D eigenvalue weighted by Crippen LogP contribution is 2.17. The van der Waals surface area contributed by atoms with Crippen molar-refractivity contribution in [3.63, 3.8) is 0 Å². The second-order valence-electron chi connectivity index (χ2n) is 6.62. The van der Waals surface area contributed by atoms with Crippen LogP contribution >= 0.6 is 12.2 Å². The molecule has 3 rings (SSSR count). The molecule has 4 nitrogen and oxygen atoms in total. The molecule has 0 aliphatic rings. The molecule has 0 unspecified atom stereocenters. The van der Waals surface area contributed by atoms with Crippen LogP contribution in [0, 0.1) is 20.8 Å². The maximum Gasteiger partial charge on any atom is 0.191 e. The number of thiocarbonyl (C=S) groups is 1. The van der Waals surface area contributed by atoms with E-state index in [1.54, 1.807) is 6.21 Å². The molecule has 5 heteroatoms.